The van der Waals surface area contributed by atoms with Crippen molar-refractivity contribution in [3.05, 3.63) is 113 Å². The third-order valence-electron chi connectivity index (χ3n) is 6.50. The average molecular weight is 604 g/mol. The Hall–Kier alpha value is -5.10. The number of benzene rings is 3. The number of carbonyl (C=O) groups is 3. The minimum Gasteiger partial charge on any atom is -0.492 e. The molecule has 0 aliphatic heterocycles. The van der Waals surface area contributed by atoms with Gasteiger partial charge in [0, 0.05) is 5.56 Å². The van der Waals surface area contributed by atoms with Crippen molar-refractivity contribution in [3.8, 4) is 5.75 Å². The molecule has 12 heteroatoms. The molecule has 230 valence electrons. The molecule has 44 heavy (non-hydrogen) atoms. The zero-order valence-corrected chi connectivity index (χ0v) is 24.0. The molecule has 1 atom stereocenters. The van der Waals surface area contributed by atoms with E-state index < -0.39 is 17.9 Å². The lowest BCUT2D eigenvalue weighted by Gasteiger charge is -2.16. The first-order valence-electron chi connectivity index (χ1n) is 14.2. The van der Waals surface area contributed by atoms with E-state index in [2.05, 4.69) is 20.8 Å². The molecule has 1 aromatic heterocycles. The van der Waals surface area contributed by atoms with Crippen LogP contribution in [0.1, 0.15) is 57.3 Å². The molecule has 4 aromatic rings. The summed E-state index contributed by atoms with van der Waals surface area (Å²) < 4.78 is 29.0. The number of unbranched alkanes of at least 4 members (excludes halogenated alkanes) is 1. The maximum atomic E-state index is 13.2. The lowest BCUT2D eigenvalue weighted by molar-refractivity contribution is 0.0896. The molecule has 0 radical (unpaired) electrons. The summed E-state index contributed by atoms with van der Waals surface area (Å²) in [5.41, 5.74) is 7.64. The number of ketones is 1. The van der Waals surface area contributed by atoms with Gasteiger partial charge in [0.05, 0.1) is 19.0 Å². The quantitative estimate of drug-likeness (QED) is 0.126. The third-order valence-corrected chi connectivity index (χ3v) is 6.50. The van der Waals surface area contributed by atoms with E-state index in [1.807, 2.05) is 30.3 Å². The first-order valence-corrected chi connectivity index (χ1v) is 14.2. The molecule has 0 fully saturated rings. The molecular formula is C32H34FN5O6. The van der Waals surface area contributed by atoms with Gasteiger partial charge in [-0.2, -0.15) is 4.98 Å². The second-order valence-electron chi connectivity index (χ2n) is 9.85. The summed E-state index contributed by atoms with van der Waals surface area (Å²) in [6, 6.07) is 20.7. The van der Waals surface area contributed by atoms with Gasteiger partial charge in [-0.1, -0.05) is 47.6 Å². The molecule has 11 nitrogen and oxygen atoms in total. The van der Waals surface area contributed by atoms with Gasteiger partial charge in [0.25, 0.3) is 5.91 Å². The molecule has 0 saturated heterocycles. The van der Waals surface area contributed by atoms with Crippen LogP contribution in [0.5, 0.6) is 5.75 Å². The predicted octanol–water partition coefficient (Wildman–Crippen LogP) is 4.22. The molecule has 1 unspecified atom stereocenters. The van der Waals surface area contributed by atoms with E-state index in [0.717, 1.165) is 11.1 Å². The highest BCUT2D eigenvalue weighted by molar-refractivity contribution is 5.98. The van der Waals surface area contributed by atoms with Crippen LogP contribution in [0.3, 0.4) is 0 Å². The highest BCUT2D eigenvalue weighted by Crippen LogP contribution is 2.14. The van der Waals surface area contributed by atoms with Crippen molar-refractivity contribution in [2.45, 2.75) is 38.3 Å². The predicted molar refractivity (Wildman–Crippen MR) is 159 cm³/mol. The second kappa shape index (κ2) is 16.5. The Morgan fingerprint density at radius 3 is 2.41 bits per heavy atom. The SMILES string of the molecule is NCCCCC(NC(=O)OCc1ccccc1)C(=O)c1noc(Cc2ccc(C(=O)NCCOc3ccc(F)cc3)cc2)n1. The fraction of sp³-hybridized carbons (Fsp3) is 0.281. The number of nitrogens with one attached hydrogen (secondary N) is 2. The highest BCUT2D eigenvalue weighted by atomic mass is 19.1. The van der Waals surface area contributed by atoms with Crippen LogP contribution in [-0.2, 0) is 17.8 Å². The number of alkyl carbamates (subject to hydrolysis) is 1. The van der Waals surface area contributed by atoms with Gasteiger partial charge < -0.3 is 30.4 Å². The molecule has 1 heterocycles. The van der Waals surface area contributed by atoms with Crippen LogP contribution >= 0.6 is 0 Å². The summed E-state index contributed by atoms with van der Waals surface area (Å²) in [6.45, 7) is 1.02. The van der Waals surface area contributed by atoms with Crippen LogP contribution in [0.4, 0.5) is 9.18 Å². The Morgan fingerprint density at radius 1 is 0.932 bits per heavy atom. The molecule has 0 aliphatic carbocycles. The standard InChI is InChI=1S/C32H34FN5O6/c33-25-13-15-26(16-14-25)42-19-18-35-31(40)24-11-9-22(10-12-24)20-28-37-30(38-44-28)29(39)27(8-4-5-17-34)36-32(41)43-21-23-6-2-1-3-7-23/h1-3,6-7,9-16,27H,4-5,8,17-21,34H2,(H,35,40)(H,36,41). The Kier molecular flexibility index (Phi) is 11.9. The molecule has 0 bridgehead atoms. The summed E-state index contributed by atoms with van der Waals surface area (Å²) >= 11 is 0. The van der Waals surface area contributed by atoms with Crippen molar-refractivity contribution >= 4 is 17.8 Å². The number of Topliss-reactive ketones (excluding diaryl/α,β-unsaturated/α-hetero) is 1. The number of rotatable bonds is 16. The smallest absolute Gasteiger partial charge is 0.408 e. The number of nitrogens with zero attached hydrogens (tertiary/aromatic N) is 2. The number of hydrogen-bond donors (Lipinski definition) is 3. The van der Waals surface area contributed by atoms with E-state index in [0.29, 0.717) is 37.1 Å². The van der Waals surface area contributed by atoms with E-state index in [4.69, 9.17) is 19.7 Å². The fourth-order valence-electron chi connectivity index (χ4n) is 4.17. The van der Waals surface area contributed by atoms with Crippen LogP contribution < -0.4 is 21.1 Å². The van der Waals surface area contributed by atoms with Gasteiger partial charge in [-0.05, 0) is 73.3 Å². The minimum absolute atomic E-state index is 0.0646. The molecule has 3 aromatic carbocycles. The second-order valence-corrected chi connectivity index (χ2v) is 9.85. The van der Waals surface area contributed by atoms with Gasteiger partial charge in [0.2, 0.25) is 17.5 Å². The Bertz CT molecular complexity index is 1500. The minimum atomic E-state index is -0.908. The van der Waals surface area contributed by atoms with Gasteiger partial charge >= 0.3 is 6.09 Å². The number of ether oxygens (including phenoxy) is 2. The fourth-order valence-corrected chi connectivity index (χ4v) is 4.17. The molecule has 0 aliphatic rings. The number of nitrogens with two attached hydrogens (primary N) is 1. The normalized spacial score (nSPS) is 11.4. The lowest BCUT2D eigenvalue weighted by Crippen LogP contribution is -2.41. The van der Waals surface area contributed by atoms with Crippen molar-refractivity contribution in [2.75, 3.05) is 19.7 Å². The van der Waals surface area contributed by atoms with Crippen molar-refractivity contribution in [3.63, 3.8) is 0 Å². The van der Waals surface area contributed by atoms with E-state index >= 15 is 0 Å². The number of halogens is 1. The van der Waals surface area contributed by atoms with E-state index in [9.17, 15) is 18.8 Å². The number of aromatic nitrogens is 2. The van der Waals surface area contributed by atoms with Crippen molar-refractivity contribution in [1.29, 1.82) is 0 Å². The summed E-state index contributed by atoms with van der Waals surface area (Å²) in [6.07, 6.45) is 1.13. The van der Waals surface area contributed by atoms with Crippen LogP contribution in [0.25, 0.3) is 0 Å². The van der Waals surface area contributed by atoms with Gasteiger partial charge in [-0.3, -0.25) is 9.59 Å². The lowest BCUT2D eigenvalue weighted by atomic mass is 10.0. The van der Waals surface area contributed by atoms with Gasteiger partial charge in [0.15, 0.2) is 0 Å². The summed E-state index contributed by atoms with van der Waals surface area (Å²) in [4.78, 5) is 42.3. The summed E-state index contributed by atoms with van der Waals surface area (Å²) in [5.74, 6) is -0.563. The molecule has 4 rings (SSSR count). The van der Waals surface area contributed by atoms with Crippen molar-refractivity contribution < 1.29 is 32.8 Å². The van der Waals surface area contributed by atoms with E-state index in [1.54, 1.807) is 24.3 Å². The van der Waals surface area contributed by atoms with Gasteiger partial charge in [-0.15, -0.1) is 0 Å². The van der Waals surface area contributed by atoms with Crippen molar-refractivity contribution in [1.82, 2.24) is 20.8 Å². The monoisotopic (exact) mass is 603 g/mol. The third kappa shape index (κ3) is 10.0. The number of hydrogen-bond acceptors (Lipinski definition) is 9. The maximum absolute atomic E-state index is 13.2. The van der Waals surface area contributed by atoms with Gasteiger partial charge in [-0.25, -0.2) is 9.18 Å². The van der Waals surface area contributed by atoms with Crippen molar-refractivity contribution in [2.24, 2.45) is 5.73 Å². The zero-order chi connectivity index (χ0) is 31.1. The maximum Gasteiger partial charge on any atom is 0.408 e. The Morgan fingerprint density at radius 2 is 1.68 bits per heavy atom. The summed E-state index contributed by atoms with van der Waals surface area (Å²) in [5, 5.41) is 9.21. The van der Waals surface area contributed by atoms with Crippen LogP contribution in [0, 0.1) is 5.82 Å². The molecule has 4 N–H and O–H groups in total. The first kappa shape index (κ1) is 31.8. The Labute approximate surface area is 253 Å². The topological polar surface area (TPSA) is 159 Å². The first-order chi connectivity index (χ1) is 21.4. The molecule has 0 spiro atoms. The zero-order valence-electron chi connectivity index (χ0n) is 24.0. The van der Waals surface area contributed by atoms with E-state index in [1.165, 1.54) is 24.3 Å². The van der Waals surface area contributed by atoms with Crippen LogP contribution in [0.15, 0.2) is 83.4 Å². The average Bonchev–Trinajstić information content (AvgIpc) is 3.51. The highest BCUT2D eigenvalue weighted by Gasteiger charge is 2.27. The Balaban J connectivity index is 1.27. The largest absolute Gasteiger partial charge is 0.492 e. The number of carbonyl (C=O) groups excluding carboxylic acids is 3. The number of amides is 2. The summed E-state index contributed by atoms with van der Waals surface area (Å²) in [7, 11) is 0. The molecule has 2 amide bonds. The van der Waals surface area contributed by atoms with Crippen LogP contribution in [0.2, 0.25) is 0 Å². The van der Waals surface area contributed by atoms with E-state index in [-0.39, 0.29) is 49.6 Å². The molecule has 0 saturated carbocycles. The van der Waals surface area contributed by atoms with Crippen LogP contribution in [-0.4, -0.2) is 53.7 Å². The van der Waals surface area contributed by atoms with Gasteiger partial charge in [0.1, 0.15) is 24.8 Å². The molecular weight excluding hydrogens is 569 g/mol.